The van der Waals surface area contributed by atoms with Crippen LogP contribution in [0, 0.1) is 0 Å². The molecule has 0 spiro atoms. The van der Waals surface area contributed by atoms with E-state index in [-0.39, 0.29) is 0 Å². The van der Waals surface area contributed by atoms with Crippen LogP contribution in [0.15, 0.2) is 24.7 Å². The molecule has 2 aromatic rings. The second-order valence-electron chi connectivity index (χ2n) is 5.08. The average Bonchev–Trinajstić information content (AvgIpc) is 2.98. The molecule has 0 aliphatic heterocycles. The molecule has 0 radical (unpaired) electrons. The van der Waals surface area contributed by atoms with Crippen molar-refractivity contribution < 1.29 is 0 Å². The Kier molecular flexibility index (Phi) is 2.75. The van der Waals surface area contributed by atoms with Gasteiger partial charge >= 0.3 is 0 Å². The normalized spacial score (nSPS) is 17.5. The molecule has 1 saturated carbocycles. The number of aryl methyl sites for hydroxylation is 1. The number of nitrogens with one attached hydrogen (secondary N) is 1. The second-order valence-corrected chi connectivity index (χ2v) is 5.08. The van der Waals surface area contributed by atoms with Crippen molar-refractivity contribution in [3.05, 3.63) is 30.4 Å². The molecular weight excluding hydrogens is 210 g/mol. The maximum Gasteiger partial charge on any atom is 0.0568 e. The van der Waals surface area contributed by atoms with Gasteiger partial charge in [-0.15, -0.1) is 0 Å². The van der Waals surface area contributed by atoms with Crippen LogP contribution in [0.3, 0.4) is 0 Å². The average molecular weight is 229 g/mol. The van der Waals surface area contributed by atoms with Gasteiger partial charge in [-0.05, 0) is 24.8 Å². The molecule has 0 amide bonds. The maximum absolute atomic E-state index is 4.22. The third-order valence-electron chi connectivity index (χ3n) is 3.79. The van der Waals surface area contributed by atoms with E-state index in [0.29, 0.717) is 0 Å². The van der Waals surface area contributed by atoms with Crippen LogP contribution in [0.2, 0.25) is 0 Å². The van der Waals surface area contributed by atoms with E-state index in [1.807, 2.05) is 17.9 Å². The van der Waals surface area contributed by atoms with Crippen LogP contribution in [0.25, 0.3) is 11.1 Å². The highest BCUT2D eigenvalue weighted by atomic mass is 15.2. The quantitative estimate of drug-likeness (QED) is 0.840. The minimum atomic E-state index is 0.745. The van der Waals surface area contributed by atoms with Crippen molar-refractivity contribution >= 4 is 0 Å². The molecule has 2 heterocycles. The Hall–Kier alpha value is -1.51. The minimum Gasteiger partial charge on any atom is -0.364 e. The van der Waals surface area contributed by atoms with Gasteiger partial charge in [-0.3, -0.25) is 4.68 Å². The Morgan fingerprint density at radius 3 is 2.76 bits per heavy atom. The summed E-state index contributed by atoms with van der Waals surface area (Å²) >= 11 is 0. The van der Waals surface area contributed by atoms with Gasteiger partial charge in [-0.1, -0.05) is 19.3 Å². The molecule has 1 N–H and O–H groups in total. The first-order valence-corrected chi connectivity index (χ1v) is 6.50. The van der Waals surface area contributed by atoms with Crippen molar-refractivity contribution in [1.29, 1.82) is 0 Å². The highest BCUT2D eigenvalue weighted by Gasteiger charge is 2.17. The Labute approximate surface area is 102 Å². The van der Waals surface area contributed by atoms with Gasteiger partial charge in [0, 0.05) is 36.3 Å². The van der Waals surface area contributed by atoms with E-state index in [2.05, 4.69) is 28.5 Å². The Bertz CT molecular complexity index is 489. The smallest absolute Gasteiger partial charge is 0.0568 e. The third-order valence-corrected chi connectivity index (χ3v) is 3.79. The van der Waals surface area contributed by atoms with E-state index in [1.165, 1.54) is 48.9 Å². The van der Waals surface area contributed by atoms with Gasteiger partial charge in [-0.25, -0.2) is 0 Å². The number of aromatic amines is 1. The van der Waals surface area contributed by atoms with Crippen LogP contribution in [0.5, 0.6) is 0 Å². The van der Waals surface area contributed by atoms with Gasteiger partial charge in [0.25, 0.3) is 0 Å². The fourth-order valence-electron chi connectivity index (χ4n) is 2.80. The van der Waals surface area contributed by atoms with Crippen molar-refractivity contribution in [3.63, 3.8) is 0 Å². The largest absolute Gasteiger partial charge is 0.364 e. The van der Waals surface area contributed by atoms with E-state index in [0.717, 1.165) is 5.92 Å². The molecule has 0 unspecified atom stereocenters. The predicted octanol–water partition coefficient (Wildman–Crippen LogP) is 3.46. The van der Waals surface area contributed by atoms with Crippen molar-refractivity contribution in [2.45, 2.75) is 38.0 Å². The Morgan fingerprint density at radius 1 is 1.24 bits per heavy atom. The van der Waals surface area contributed by atoms with Crippen LogP contribution < -0.4 is 0 Å². The van der Waals surface area contributed by atoms with Crippen LogP contribution in [-0.2, 0) is 7.05 Å². The molecule has 1 aliphatic carbocycles. The third kappa shape index (κ3) is 2.14. The number of aromatic nitrogens is 3. The molecule has 3 nitrogen and oxygen atoms in total. The first-order valence-electron chi connectivity index (χ1n) is 6.50. The summed E-state index contributed by atoms with van der Waals surface area (Å²) in [7, 11) is 1.96. The van der Waals surface area contributed by atoms with E-state index in [4.69, 9.17) is 0 Å². The van der Waals surface area contributed by atoms with Crippen molar-refractivity contribution in [1.82, 2.24) is 14.8 Å². The molecule has 2 aromatic heterocycles. The van der Waals surface area contributed by atoms with Crippen LogP contribution in [-0.4, -0.2) is 14.8 Å². The highest BCUT2D eigenvalue weighted by molar-refractivity contribution is 5.61. The Morgan fingerprint density at radius 2 is 2.06 bits per heavy atom. The standard InChI is InChI=1S/C14H19N3/c1-17-10-13(9-16-17)12-7-14(15-8-12)11-5-3-2-4-6-11/h7-11,15H,2-6H2,1H3. The molecule has 0 bridgehead atoms. The molecule has 0 saturated heterocycles. The minimum absolute atomic E-state index is 0.745. The summed E-state index contributed by atoms with van der Waals surface area (Å²) < 4.78 is 1.85. The fourth-order valence-corrected chi connectivity index (χ4v) is 2.80. The summed E-state index contributed by atoms with van der Waals surface area (Å²) in [4.78, 5) is 3.45. The fraction of sp³-hybridized carbons (Fsp3) is 0.500. The zero-order valence-corrected chi connectivity index (χ0v) is 10.3. The van der Waals surface area contributed by atoms with Crippen molar-refractivity contribution in [2.75, 3.05) is 0 Å². The summed E-state index contributed by atoms with van der Waals surface area (Å²) in [5, 5.41) is 4.22. The topological polar surface area (TPSA) is 33.6 Å². The van der Waals surface area contributed by atoms with Gasteiger partial charge in [0.15, 0.2) is 0 Å². The summed E-state index contributed by atoms with van der Waals surface area (Å²) in [6, 6.07) is 2.30. The van der Waals surface area contributed by atoms with E-state index in [1.54, 1.807) is 0 Å². The van der Waals surface area contributed by atoms with Gasteiger partial charge in [0.1, 0.15) is 0 Å². The van der Waals surface area contributed by atoms with Crippen molar-refractivity contribution in [2.24, 2.45) is 7.05 Å². The van der Waals surface area contributed by atoms with Crippen LogP contribution in [0.1, 0.15) is 43.7 Å². The molecular formula is C14H19N3. The van der Waals surface area contributed by atoms with Gasteiger partial charge in [0.2, 0.25) is 0 Å². The summed E-state index contributed by atoms with van der Waals surface area (Å²) in [5.74, 6) is 0.745. The molecule has 0 atom stereocenters. The van der Waals surface area contributed by atoms with Crippen molar-refractivity contribution in [3.8, 4) is 11.1 Å². The molecule has 3 rings (SSSR count). The van der Waals surface area contributed by atoms with Crippen LogP contribution in [0.4, 0.5) is 0 Å². The Balaban J connectivity index is 1.82. The first-order chi connectivity index (χ1) is 8.33. The van der Waals surface area contributed by atoms with Gasteiger partial charge in [-0.2, -0.15) is 5.10 Å². The van der Waals surface area contributed by atoms with Gasteiger partial charge in [0.05, 0.1) is 6.20 Å². The zero-order valence-electron chi connectivity index (χ0n) is 10.3. The number of rotatable bonds is 2. The van der Waals surface area contributed by atoms with E-state index >= 15 is 0 Å². The zero-order chi connectivity index (χ0) is 11.7. The lowest BCUT2D eigenvalue weighted by molar-refractivity contribution is 0.438. The lowest BCUT2D eigenvalue weighted by Crippen LogP contribution is -2.04. The summed E-state index contributed by atoms with van der Waals surface area (Å²) in [6.45, 7) is 0. The first kappa shape index (κ1) is 10.6. The van der Waals surface area contributed by atoms with E-state index < -0.39 is 0 Å². The van der Waals surface area contributed by atoms with Gasteiger partial charge < -0.3 is 4.98 Å². The molecule has 0 aromatic carbocycles. The monoisotopic (exact) mass is 229 g/mol. The number of H-pyrrole nitrogens is 1. The lowest BCUT2D eigenvalue weighted by Gasteiger charge is -2.20. The second kappa shape index (κ2) is 4.40. The molecule has 1 fully saturated rings. The SMILES string of the molecule is Cn1cc(-c2c[nH]c(C3CCCCC3)c2)cn1. The lowest BCUT2D eigenvalue weighted by atomic mass is 9.87. The molecule has 17 heavy (non-hydrogen) atoms. The summed E-state index contributed by atoms with van der Waals surface area (Å²) in [5.41, 5.74) is 3.87. The molecule has 1 aliphatic rings. The molecule has 3 heteroatoms. The number of nitrogens with zero attached hydrogens (tertiary/aromatic N) is 2. The molecule has 90 valence electrons. The van der Waals surface area contributed by atoms with E-state index in [9.17, 15) is 0 Å². The number of hydrogen-bond acceptors (Lipinski definition) is 1. The summed E-state index contributed by atoms with van der Waals surface area (Å²) in [6.07, 6.45) is 13.0. The van der Waals surface area contributed by atoms with Crippen LogP contribution >= 0.6 is 0 Å². The predicted molar refractivity (Wildman–Crippen MR) is 68.8 cm³/mol. The maximum atomic E-state index is 4.22. The highest BCUT2D eigenvalue weighted by Crippen LogP contribution is 2.33. The number of hydrogen-bond donors (Lipinski definition) is 1.